The van der Waals surface area contributed by atoms with Crippen molar-refractivity contribution in [3.05, 3.63) is 35.4 Å². The summed E-state index contributed by atoms with van der Waals surface area (Å²) < 4.78 is 0. The van der Waals surface area contributed by atoms with Crippen LogP contribution in [0.15, 0.2) is 24.3 Å². The lowest BCUT2D eigenvalue weighted by molar-refractivity contribution is 0.0637. The first kappa shape index (κ1) is 15.6. The average Bonchev–Trinajstić information content (AvgIpc) is 2.54. The smallest absolute Gasteiger partial charge is 0.253 e. The zero-order chi connectivity index (χ0) is 15.1. The lowest BCUT2D eigenvalue weighted by Gasteiger charge is -2.34. The van der Waals surface area contributed by atoms with Crippen molar-refractivity contribution in [1.82, 2.24) is 9.80 Å². The summed E-state index contributed by atoms with van der Waals surface area (Å²) in [6.07, 6.45) is 1.17. The zero-order valence-electron chi connectivity index (χ0n) is 12.6. The Hall–Kier alpha value is -1.83. The van der Waals surface area contributed by atoms with Gasteiger partial charge >= 0.3 is 0 Å². The van der Waals surface area contributed by atoms with Crippen molar-refractivity contribution in [2.75, 3.05) is 39.3 Å². The molecular formula is C17H23N3O. The van der Waals surface area contributed by atoms with Crippen LogP contribution in [0.1, 0.15) is 29.3 Å². The van der Waals surface area contributed by atoms with Crippen LogP contribution < -0.4 is 5.73 Å². The molecule has 21 heavy (non-hydrogen) atoms. The van der Waals surface area contributed by atoms with E-state index in [1.807, 2.05) is 29.2 Å². The number of nitrogens with zero attached hydrogens (tertiary/aromatic N) is 2. The Morgan fingerprint density at radius 2 is 1.86 bits per heavy atom. The highest BCUT2D eigenvalue weighted by Crippen LogP contribution is 2.10. The molecule has 1 amide bonds. The van der Waals surface area contributed by atoms with Crippen molar-refractivity contribution in [2.45, 2.75) is 13.3 Å². The molecule has 1 aromatic rings. The van der Waals surface area contributed by atoms with Gasteiger partial charge in [0.2, 0.25) is 0 Å². The highest BCUT2D eigenvalue weighted by molar-refractivity contribution is 5.94. The van der Waals surface area contributed by atoms with E-state index in [0.717, 1.165) is 43.9 Å². The summed E-state index contributed by atoms with van der Waals surface area (Å²) >= 11 is 0. The van der Waals surface area contributed by atoms with Gasteiger partial charge in [-0.3, -0.25) is 9.69 Å². The average molecular weight is 285 g/mol. The lowest BCUT2D eigenvalue weighted by atomic mass is 10.1. The van der Waals surface area contributed by atoms with Gasteiger partial charge in [0.15, 0.2) is 0 Å². The van der Waals surface area contributed by atoms with Crippen LogP contribution in [0.4, 0.5) is 0 Å². The van der Waals surface area contributed by atoms with Crippen LogP contribution in [0.5, 0.6) is 0 Å². The number of rotatable bonds is 3. The van der Waals surface area contributed by atoms with Crippen molar-refractivity contribution in [3.63, 3.8) is 0 Å². The number of piperazine rings is 1. The third-order valence-electron chi connectivity index (χ3n) is 3.67. The molecule has 1 aliphatic heterocycles. The van der Waals surface area contributed by atoms with Crippen LogP contribution >= 0.6 is 0 Å². The largest absolute Gasteiger partial charge is 0.336 e. The van der Waals surface area contributed by atoms with E-state index in [-0.39, 0.29) is 5.91 Å². The van der Waals surface area contributed by atoms with Crippen LogP contribution in [0.25, 0.3) is 0 Å². The van der Waals surface area contributed by atoms with Gasteiger partial charge in [-0.15, -0.1) is 0 Å². The molecule has 0 aliphatic carbocycles. The molecule has 1 aromatic carbocycles. The Balaban J connectivity index is 1.94. The van der Waals surface area contributed by atoms with Crippen LogP contribution in [0.2, 0.25) is 0 Å². The number of carbonyl (C=O) groups is 1. The Morgan fingerprint density at radius 1 is 1.19 bits per heavy atom. The van der Waals surface area contributed by atoms with E-state index in [4.69, 9.17) is 5.73 Å². The van der Waals surface area contributed by atoms with Gasteiger partial charge < -0.3 is 10.6 Å². The quantitative estimate of drug-likeness (QED) is 0.848. The predicted octanol–water partition coefficient (Wildman–Crippen LogP) is 1.16. The maximum Gasteiger partial charge on any atom is 0.253 e. The molecular weight excluding hydrogens is 262 g/mol. The highest BCUT2D eigenvalue weighted by atomic mass is 16.2. The fraction of sp³-hybridized carbons (Fsp3) is 0.471. The van der Waals surface area contributed by atoms with E-state index in [1.54, 1.807) is 0 Å². The topological polar surface area (TPSA) is 49.6 Å². The molecule has 1 fully saturated rings. The van der Waals surface area contributed by atoms with Crippen LogP contribution in [-0.4, -0.2) is 55.0 Å². The van der Waals surface area contributed by atoms with E-state index < -0.39 is 0 Å². The second-order valence-electron chi connectivity index (χ2n) is 5.22. The second-order valence-corrected chi connectivity index (χ2v) is 5.22. The number of hydrogen-bond acceptors (Lipinski definition) is 3. The highest BCUT2D eigenvalue weighted by Gasteiger charge is 2.21. The van der Waals surface area contributed by atoms with Gasteiger partial charge in [-0.1, -0.05) is 18.8 Å². The van der Waals surface area contributed by atoms with Gasteiger partial charge in [0.05, 0.1) is 6.54 Å². The summed E-state index contributed by atoms with van der Waals surface area (Å²) in [4.78, 5) is 16.8. The third-order valence-corrected chi connectivity index (χ3v) is 3.67. The fourth-order valence-corrected chi connectivity index (χ4v) is 2.52. The number of benzene rings is 1. The van der Waals surface area contributed by atoms with E-state index >= 15 is 0 Å². The Kier molecular flexibility index (Phi) is 5.79. The molecule has 1 aliphatic rings. The third kappa shape index (κ3) is 4.32. The Bertz CT molecular complexity index is 519. The van der Waals surface area contributed by atoms with Crippen molar-refractivity contribution in [1.29, 1.82) is 0 Å². The number of amides is 1. The Morgan fingerprint density at radius 3 is 2.43 bits per heavy atom. The Labute approximate surface area is 126 Å². The van der Waals surface area contributed by atoms with Crippen molar-refractivity contribution in [3.8, 4) is 11.8 Å². The standard InChI is InChI=1S/C17H23N3O/c1-2-10-19-11-13-20(14-12-19)17(21)16-7-5-15(6-8-16)4-3-9-18/h5-8H,2,9-14,18H2,1H3. The van der Waals surface area contributed by atoms with Gasteiger partial charge in [0.25, 0.3) is 5.91 Å². The number of carbonyl (C=O) groups excluding carboxylic acids is 1. The molecule has 2 rings (SSSR count). The molecule has 0 saturated carbocycles. The van der Waals surface area contributed by atoms with Crippen molar-refractivity contribution in [2.24, 2.45) is 5.73 Å². The maximum absolute atomic E-state index is 12.4. The summed E-state index contributed by atoms with van der Waals surface area (Å²) in [5.41, 5.74) is 6.97. The molecule has 0 radical (unpaired) electrons. The van der Waals surface area contributed by atoms with Gasteiger partial charge in [-0.25, -0.2) is 0 Å². The monoisotopic (exact) mass is 285 g/mol. The summed E-state index contributed by atoms with van der Waals surface area (Å²) in [7, 11) is 0. The molecule has 1 saturated heterocycles. The molecule has 1 heterocycles. The predicted molar refractivity (Wildman–Crippen MR) is 85.0 cm³/mol. The summed E-state index contributed by atoms with van der Waals surface area (Å²) in [5.74, 6) is 5.89. The fourth-order valence-electron chi connectivity index (χ4n) is 2.52. The molecule has 4 nitrogen and oxygen atoms in total. The molecule has 0 aromatic heterocycles. The SMILES string of the molecule is CCCN1CCN(C(=O)c2ccc(C#CCN)cc2)CC1. The maximum atomic E-state index is 12.4. The summed E-state index contributed by atoms with van der Waals surface area (Å²) in [6.45, 7) is 7.23. The van der Waals surface area contributed by atoms with Crippen LogP contribution in [-0.2, 0) is 0 Å². The number of hydrogen-bond donors (Lipinski definition) is 1. The van der Waals surface area contributed by atoms with E-state index in [2.05, 4.69) is 23.7 Å². The van der Waals surface area contributed by atoms with Gasteiger partial charge in [-0.05, 0) is 37.2 Å². The first-order chi connectivity index (χ1) is 10.2. The minimum Gasteiger partial charge on any atom is -0.336 e. The van der Waals surface area contributed by atoms with Gasteiger partial charge in [-0.2, -0.15) is 0 Å². The minimum absolute atomic E-state index is 0.115. The molecule has 0 unspecified atom stereocenters. The molecule has 4 heteroatoms. The molecule has 0 bridgehead atoms. The van der Waals surface area contributed by atoms with E-state index in [0.29, 0.717) is 6.54 Å². The first-order valence-electron chi connectivity index (χ1n) is 7.55. The van der Waals surface area contributed by atoms with Crippen molar-refractivity contribution < 1.29 is 4.79 Å². The number of nitrogens with two attached hydrogens (primary N) is 1. The first-order valence-corrected chi connectivity index (χ1v) is 7.55. The van der Waals surface area contributed by atoms with Crippen LogP contribution in [0, 0.1) is 11.8 Å². The van der Waals surface area contributed by atoms with E-state index in [1.165, 1.54) is 6.42 Å². The minimum atomic E-state index is 0.115. The molecule has 2 N–H and O–H groups in total. The lowest BCUT2D eigenvalue weighted by Crippen LogP contribution is -2.48. The summed E-state index contributed by atoms with van der Waals surface area (Å²) in [5, 5.41) is 0. The van der Waals surface area contributed by atoms with Crippen LogP contribution in [0.3, 0.4) is 0 Å². The van der Waals surface area contributed by atoms with Crippen molar-refractivity contribution >= 4 is 5.91 Å². The van der Waals surface area contributed by atoms with Gasteiger partial charge in [0.1, 0.15) is 0 Å². The molecule has 0 atom stereocenters. The normalized spacial score (nSPS) is 15.4. The zero-order valence-corrected chi connectivity index (χ0v) is 12.6. The molecule has 0 spiro atoms. The molecule has 112 valence electrons. The van der Waals surface area contributed by atoms with E-state index in [9.17, 15) is 4.79 Å². The van der Waals surface area contributed by atoms with Gasteiger partial charge in [0, 0.05) is 37.3 Å². The second kappa shape index (κ2) is 7.82. The summed E-state index contributed by atoms with van der Waals surface area (Å²) in [6, 6.07) is 7.45.